The maximum absolute atomic E-state index is 14.0. The van der Waals surface area contributed by atoms with Crippen molar-refractivity contribution in [1.82, 2.24) is 4.57 Å². The number of fused-ring (bicyclic) bond motifs is 1. The van der Waals surface area contributed by atoms with Crippen molar-refractivity contribution in [3.8, 4) is 0 Å². The number of halogens is 1. The summed E-state index contributed by atoms with van der Waals surface area (Å²) in [6.45, 7) is 5.28. The van der Waals surface area contributed by atoms with E-state index in [1.165, 1.54) is 22.8 Å². The van der Waals surface area contributed by atoms with Gasteiger partial charge in [0.05, 0.1) is 10.4 Å². The standard InChI is InChI=1S/C26H23FN2O4S/c1-16-4-8-20(9-5-16)28-25(30)15-29-14-24(26(31)22-13-19(27)7-11-23(22)29)34(32,33)21-10-6-17(2)18(3)12-21/h4-14H,15H2,1-3H3,(H,28,30). The van der Waals surface area contributed by atoms with Crippen molar-refractivity contribution in [1.29, 1.82) is 0 Å². The Hall–Kier alpha value is -3.78. The van der Waals surface area contributed by atoms with Crippen molar-refractivity contribution < 1.29 is 17.6 Å². The van der Waals surface area contributed by atoms with E-state index in [1.807, 2.05) is 26.0 Å². The van der Waals surface area contributed by atoms with Gasteiger partial charge < -0.3 is 9.88 Å². The number of benzene rings is 3. The molecule has 0 radical (unpaired) electrons. The van der Waals surface area contributed by atoms with Gasteiger partial charge in [0.1, 0.15) is 17.3 Å². The van der Waals surface area contributed by atoms with Crippen LogP contribution in [0, 0.1) is 26.6 Å². The molecule has 6 nitrogen and oxygen atoms in total. The number of aromatic nitrogens is 1. The van der Waals surface area contributed by atoms with Gasteiger partial charge in [0, 0.05) is 17.3 Å². The molecule has 0 atom stereocenters. The molecule has 0 spiro atoms. The minimum absolute atomic E-state index is 0.0425. The normalized spacial score (nSPS) is 11.5. The Bertz CT molecular complexity index is 1590. The number of rotatable bonds is 5. The first-order valence-corrected chi connectivity index (χ1v) is 12.1. The number of hydrogen-bond acceptors (Lipinski definition) is 4. The van der Waals surface area contributed by atoms with Crippen LogP contribution in [0.3, 0.4) is 0 Å². The summed E-state index contributed by atoms with van der Waals surface area (Å²) >= 11 is 0. The van der Waals surface area contributed by atoms with E-state index in [0.29, 0.717) is 5.69 Å². The Balaban J connectivity index is 1.83. The highest BCUT2D eigenvalue weighted by molar-refractivity contribution is 7.91. The molecule has 0 saturated heterocycles. The number of hydrogen-bond donors (Lipinski definition) is 1. The monoisotopic (exact) mass is 478 g/mol. The summed E-state index contributed by atoms with van der Waals surface area (Å²) in [5.74, 6) is -1.10. The van der Waals surface area contributed by atoms with Crippen molar-refractivity contribution in [3.05, 3.63) is 99.6 Å². The Morgan fingerprint density at radius 1 is 0.941 bits per heavy atom. The van der Waals surface area contributed by atoms with E-state index in [1.54, 1.807) is 25.1 Å². The highest BCUT2D eigenvalue weighted by atomic mass is 32.2. The summed E-state index contributed by atoms with van der Waals surface area (Å²) in [6, 6.07) is 15.3. The summed E-state index contributed by atoms with van der Waals surface area (Å²) in [5, 5.41) is 2.63. The molecule has 0 fully saturated rings. The minimum atomic E-state index is -4.22. The van der Waals surface area contributed by atoms with Crippen LogP contribution in [0.15, 0.2) is 81.4 Å². The second-order valence-corrected chi connectivity index (χ2v) is 10.2. The van der Waals surface area contributed by atoms with Gasteiger partial charge >= 0.3 is 0 Å². The van der Waals surface area contributed by atoms with E-state index in [2.05, 4.69) is 5.32 Å². The van der Waals surface area contributed by atoms with Crippen LogP contribution >= 0.6 is 0 Å². The Labute approximate surface area is 196 Å². The molecule has 0 saturated carbocycles. The van der Waals surface area contributed by atoms with Crippen LogP contribution in [0.25, 0.3) is 10.9 Å². The molecule has 4 rings (SSSR count). The van der Waals surface area contributed by atoms with Gasteiger partial charge in [-0.05, 0) is 74.4 Å². The van der Waals surface area contributed by atoms with Crippen LogP contribution in [-0.4, -0.2) is 18.9 Å². The fraction of sp³-hybridized carbons (Fsp3) is 0.154. The highest BCUT2D eigenvalue weighted by Gasteiger charge is 2.25. The molecule has 1 N–H and O–H groups in total. The molecule has 0 aliphatic heterocycles. The molecule has 4 aromatic rings. The lowest BCUT2D eigenvalue weighted by atomic mass is 10.1. The maximum atomic E-state index is 14.0. The fourth-order valence-corrected chi connectivity index (χ4v) is 5.12. The first kappa shape index (κ1) is 23.4. The summed E-state index contributed by atoms with van der Waals surface area (Å²) < 4.78 is 42.2. The predicted octanol–water partition coefficient (Wildman–Crippen LogP) is 4.54. The van der Waals surface area contributed by atoms with Crippen molar-refractivity contribution in [2.75, 3.05) is 5.32 Å². The number of carbonyl (C=O) groups is 1. The molecule has 34 heavy (non-hydrogen) atoms. The number of amides is 1. The smallest absolute Gasteiger partial charge is 0.244 e. The molecule has 8 heteroatoms. The molecule has 1 aromatic heterocycles. The van der Waals surface area contributed by atoms with E-state index in [9.17, 15) is 22.4 Å². The quantitative estimate of drug-likeness (QED) is 0.457. The van der Waals surface area contributed by atoms with Crippen LogP contribution in [0.2, 0.25) is 0 Å². The van der Waals surface area contributed by atoms with E-state index >= 15 is 0 Å². The van der Waals surface area contributed by atoms with Gasteiger partial charge in [-0.2, -0.15) is 0 Å². The fourth-order valence-electron chi connectivity index (χ4n) is 3.67. The average molecular weight is 479 g/mol. The lowest BCUT2D eigenvalue weighted by Gasteiger charge is -2.15. The highest BCUT2D eigenvalue weighted by Crippen LogP contribution is 2.24. The van der Waals surface area contributed by atoms with Crippen LogP contribution in [-0.2, 0) is 21.2 Å². The Kier molecular flexibility index (Phi) is 6.10. The van der Waals surface area contributed by atoms with E-state index < -0.39 is 31.9 Å². The van der Waals surface area contributed by atoms with Gasteiger partial charge in [-0.1, -0.05) is 23.8 Å². The van der Waals surface area contributed by atoms with Crippen LogP contribution < -0.4 is 10.7 Å². The zero-order valence-electron chi connectivity index (χ0n) is 18.9. The SMILES string of the molecule is Cc1ccc(NC(=O)Cn2cc(S(=O)(=O)c3ccc(C)c(C)c3)c(=O)c3cc(F)ccc32)cc1. The Morgan fingerprint density at radius 3 is 2.32 bits per heavy atom. The van der Waals surface area contributed by atoms with Crippen molar-refractivity contribution in [3.63, 3.8) is 0 Å². The summed E-state index contributed by atoms with van der Waals surface area (Å²) in [5.41, 5.74) is 2.71. The van der Waals surface area contributed by atoms with Crippen LogP contribution in [0.5, 0.6) is 0 Å². The first-order valence-electron chi connectivity index (χ1n) is 10.6. The molecular formula is C26H23FN2O4S. The van der Waals surface area contributed by atoms with Crippen molar-refractivity contribution in [2.45, 2.75) is 37.1 Å². The third-order valence-electron chi connectivity index (χ3n) is 5.74. The molecule has 1 heterocycles. The van der Waals surface area contributed by atoms with Crippen LogP contribution in [0.4, 0.5) is 10.1 Å². The lowest BCUT2D eigenvalue weighted by molar-refractivity contribution is -0.116. The topological polar surface area (TPSA) is 85.2 Å². The van der Waals surface area contributed by atoms with Gasteiger partial charge in [0.25, 0.3) is 0 Å². The largest absolute Gasteiger partial charge is 0.336 e. The van der Waals surface area contributed by atoms with Crippen molar-refractivity contribution in [2.24, 2.45) is 0 Å². The second kappa shape index (κ2) is 8.87. The number of carbonyl (C=O) groups excluding carboxylic acids is 1. The molecule has 0 aliphatic rings. The maximum Gasteiger partial charge on any atom is 0.244 e. The number of sulfone groups is 1. The van der Waals surface area contributed by atoms with Gasteiger partial charge in [0.15, 0.2) is 0 Å². The van der Waals surface area contributed by atoms with Gasteiger partial charge in [-0.15, -0.1) is 0 Å². The Morgan fingerprint density at radius 2 is 1.65 bits per heavy atom. The van der Waals surface area contributed by atoms with Gasteiger partial charge in [-0.25, -0.2) is 12.8 Å². The third kappa shape index (κ3) is 4.49. The van der Waals surface area contributed by atoms with E-state index in [4.69, 9.17) is 0 Å². The van der Waals surface area contributed by atoms with Crippen molar-refractivity contribution >= 4 is 32.3 Å². The molecule has 0 unspecified atom stereocenters. The summed E-state index contributed by atoms with van der Waals surface area (Å²) in [4.78, 5) is 25.3. The molecule has 174 valence electrons. The molecule has 1 amide bonds. The van der Waals surface area contributed by atoms with Gasteiger partial charge in [0.2, 0.25) is 21.2 Å². The molecular weight excluding hydrogens is 455 g/mol. The average Bonchev–Trinajstić information content (AvgIpc) is 2.79. The zero-order chi connectivity index (χ0) is 24.6. The third-order valence-corrected chi connectivity index (χ3v) is 7.48. The lowest BCUT2D eigenvalue weighted by Crippen LogP contribution is -2.24. The first-order chi connectivity index (χ1) is 16.1. The molecule has 3 aromatic carbocycles. The number of nitrogens with one attached hydrogen (secondary N) is 1. The minimum Gasteiger partial charge on any atom is -0.336 e. The second-order valence-electron chi connectivity index (χ2n) is 8.28. The van der Waals surface area contributed by atoms with Crippen LogP contribution in [0.1, 0.15) is 16.7 Å². The zero-order valence-corrected chi connectivity index (χ0v) is 19.7. The number of pyridine rings is 1. The van der Waals surface area contributed by atoms with E-state index in [-0.39, 0.29) is 22.3 Å². The van der Waals surface area contributed by atoms with Gasteiger partial charge in [-0.3, -0.25) is 9.59 Å². The molecule has 0 bridgehead atoms. The summed E-state index contributed by atoms with van der Waals surface area (Å²) in [6.07, 6.45) is 1.15. The number of nitrogens with zero attached hydrogens (tertiary/aromatic N) is 1. The predicted molar refractivity (Wildman–Crippen MR) is 129 cm³/mol. The summed E-state index contributed by atoms with van der Waals surface area (Å²) in [7, 11) is -4.22. The number of aryl methyl sites for hydroxylation is 3. The van der Waals surface area contributed by atoms with E-state index in [0.717, 1.165) is 35.0 Å². The number of anilines is 1. The molecule has 0 aliphatic carbocycles.